The number of hydrogen-bond donors (Lipinski definition) is 4. The lowest BCUT2D eigenvalue weighted by molar-refractivity contribution is -0.199. The zero-order valence-corrected chi connectivity index (χ0v) is 27.7. The highest BCUT2D eigenvalue weighted by Gasteiger charge is 2.67. The van der Waals surface area contributed by atoms with Crippen molar-refractivity contribution < 1.29 is 28.5 Å². The van der Waals surface area contributed by atoms with E-state index < -0.39 is 37.1 Å². The summed E-state index contributed by atoms with van der Waals surface area (Å²) in [4.78, 5) is 53.0. The van der Waals surface area contributed by atoms with E-state index in [1.807, 2.05) is 50.2 Å². The van der Waals surface area contributed by atoms with Gasteiger partial charge in [-0.2, -0.15) is 0 Å². The number of rotatable bonds is 12. The van der Waals surface area contributed by atoms with Gasteiger partial charge in [-0.3, -0.25) is 19.2 Å². The molecule has 2 aromatic rings. The quantitative estimate of drug-likeness (QED) is 0.267. The van der Waals surface area contributed by atoms with Crippen molar-refractivity contribution in [3.63, 3.8) is 0 Å². The van der Waals surface area contributed by atoms with Gasteiger partial charge in [-0.1, -0.05) is 76.2 Å². The average Bonchev–Trinajstić information content (AvgIpc) is 3.38. The van der Waals surface area contributed by atoms with Crippen LogP contribution in [0.3, 0.4) is 0 Å². The molecule has 46 heavy (non-hydrogen) atoms. The van der Waals surface area contributed by atoms with Crippen LogP contribution in [0.2, 0.25) is 0 Å². The minimum absolute atomic E-state index is 0.0119. The molecule has 11 heteroatoms. The van der Waals surface area contributed by atoms with E-state index in [-0.39, 0.29) is 47.7 Å². The summed E-state index contributed by atoms with van der Waals surface area (Å²) in [6, 6.07) is 15.2. The maximum atomic E-state index is 13.6. The number of carbonyl (C=O) groups excluding carboxylic acids is 4. The third-order valence-electron chi connectivity index (χ3n) is 10.4. The van der Waals surface area contributed by atoms with Gasteiger partial charge in [0.1, 0.15) is 18.1 Å². The Morgan fingerprint density at radius 3 is 2.13 bits per heavy atom. The Morgan fingerprint density at radius 2 is 1.50 bits per heavy atom. The monoisotopic (exact) mass is 630 g/mol. The van der Waals surface area contributed by atoms with Crippen LogP contribution in [0.5, 0.6) is 0 Å². The second kappa shape index (κ2) is 13.6. The molecule has 10 nitrogen and oxygen atoms in total. The van der Waals surface area contributed by atoms with Crippen molar-refractivity contribution in [1.29, 1.82) is 0 Å². The number of amides is 4. The maximum absolute atomic E-state index is 13.6. The first kappa shape index (κ1) is 33.7. The lowest BCUT2D eigenvalue weighted by Crippen LogP contribution is -2.65. The van der Waals surface area contributed by atoms with Crippen molar-refractivity contribution in [2.45, 2.75) is 90.6 Å². The van der Waals surface area contributed by atoms with Gasteiger partial charge in [-0.25, -0.2) is 0 Å². The molecule has 2 aromatic carbocycles. The van der Waals surface area contributed by atoms with E-state index in [0.29, 0.717) is 17.4 Å². The lowest BCUT2D eigenvalue weighted by Gasteiger charge is -2.64. The molecule has 3 saturated carbocycles. The Labute approximate surface area is 272 Å². The first-order valence-corrected chi connectivity index (χ1v) is 16.4. The van der Waals surface area contributed by atoms with Crippen molar-refractivity contribution in [2.24, 2.45) is 23.2 Å². The molecule has 4 amide bonds. The van der Waals surface area contributed by atoms with Gasteiger partial charge in [0, 0.05) is 12.0 Å². The molecular formula is C35H47BN4O6. The van der Waals surface area contributed by atoms with E-state index in [9.17, 15) is 19.2 Å². The molecule has 6 rings (SSSR count). The second-order valence-corrected chi connectivity index (χ2v) is 14.2. The molecule has 246 valence electrons. The van der Waals surface area contributed by atoms with Crippen LogP contribution in [0.25, 0.3) is 0 Å². The standard InChI is InChI=1S/C35H47BN4O6/c1-21(2)29(40-31(42)24-15-11-8-12-16-24)33(44)39-26(17-23-13-9-7-10-14-23)32(43)38-22(3)30(41)37-20-36-45-28-19-25-18-27(34(25,4)5)35(28,6)46-36/h7-16,21-22,25-29H,17-20H2,1-6H3,(H,37,41)(H,38,43)(H,39,44)(H,40,42)/t22-,25-,26?,27?,28+,29-,35-/m0/s1. The van der Waals surface area contributed by atoms with Gasteiger partial charge in [-0.05, 0) is 67.6 Å². The zero-order chi connectivity index (χ0) is 33.2. The first-order chi connectivity index (χ1) is 21.8. The summed E-state index contributed by atoms with van der Waals surface area (Å²) in [6.07, 6.45) is 2.48. The largest absolute Gasteiger partial charge is 0.478 e. The summed E-state index contributed by atoms with van der Waals surface area (Å²) in [5.74, 6) is -0.965. The van der Waals surface area contributed by atoms with E-state index in [4.69, 9.17) is 9.31 Å². The number of nitrogens with one attached hydrogen (secondary N) is 4. The van der Waals surface area contributed by atoms with E-state index in [1.54, 1.807) is 31.2 Å². The molecule has 1 saturated heterocycles. The van der Waals surface area contributed by atoms with Crippen molar-refractivity contribution in [1.82, 2.24) is 21.3 Å². The summed E-state index contributed by atoms with van der Waals surface area (Å²) < 4.78 is 12.6. The van der Waals surface area contributed by atoms with Gasteiger partial charge < -0.3 is 30.6 Å². The van der Waals surface area contributed by atoms with E-state index in [2.05, 4.69) is 42.0 Å². The molecule has 1 aliphatic heterocycles. The Bertz CT molecular complexity index is 1420. The van der Waals surface area contributed by atoms with Crippen LogP contribution in [-0.4, -0.2) is 67.0 Å². The van der Waals surface area contributed by atoms with Crippen LogP contribution >= 0.6 is 0 Å². The maximum Gasteiger partial charge on any atom is 0.478 e. The van der Waals surface area contributed by atoms with Gasteiger partial charge in [0.15, 0.2) is 0 Å². The minimum Gasteiger partial charge on any atom is -0.404 e. The highest BCUT2D eigenvalue weighted by atomic mass is 16.7. The second-order valence-electron chi connectivity index (χ2n) is 14.2. The number of carbonyl (C=O) groups is 4. The Kier molecular flexibility index (Phi) is 9.93. The molecule has 0 radical (unpaired) electrons. The van der Waals surface area contributed by atoms with Gasteiger partial charge >= 0.3 is 7.12 Å². The van der Waals surface area contributed by atoms with Crippen LogP contribution in [0.15, 0.2) is 60.7 Å². The Balaban J connectivity index is 1.19. The molecule has 4 aliphatic rings. The van der Waals surface area contributed by atoms with Crippen molar-refractivity contribution >= 4 is 30.7 Å². The normalized spacial score (nSPS) is 26.2. The van der Waals surface area contributed by atoms with E-state index in [0.717, 1.165) is 18.4 Å². The predicted molar refractivity (Wildman–Crippen MR) is 175 cm³/mol. The summed E-state index contributed by atoms with van der Waals surface area (Å²) in [6.45, 7) is 12.0. The predicted octanol–water partition coefficient (Wildman–Crippen LogP) is 3.06. The molecule has 3 aliphatic carbocycles. The summed E-state index contributed by atoms with van der Waals surface area (Å²) in [7, 11) is -0.554. The van der Waals surface area contributed by atoms with Crippen LogP contribution in [-0.2, 0) is 30.1 Å². The van der Waals surface area contributed by atoms with Crippen molar-refractivity contribution in [2.75, 3.05) is 6.44 Å². The molecular weight excluding hydrogens is 583 g/mol. The Hall–Kier alpha value is -3.70. The topological polar surface area (TPSA) is 135 Å². The SMILES string of the molecule is CC(C)[C@H](NC(=O)c1ccccc1)C(=O)NC(Cc1ccccc1)C(=O)N[C@@H](C)C(=O)NCB1O[C@@H]2C[C@@H]3CC(C3(C)C)[C@]2(C)O1. The fourth-order valence-electron chi connectivity index (χ4n) is 7.42. The lowest BCUT2D eigenvalue weighted by atomic mass is 9.43. The van der Waals surface area contributed by atoms with Gasteiger partial charge in [0.25, 0.3) is 5.91 Å². The highest BCUT2D eigenvalue weighted by molar-refractivity contribution is 6.46. The van der Waals surface area contributed by atoms with Crippen LogP contribution < -0.4 is 21.3 Å². The summed E-state index contributed by atoms with van der Waals surface area (Å²) in [5.41, 5.74) is 1.12. The van der Waals surface area contributed by atoms with Gasteiger partial charge in [0.2, 0.25) is 17.7 Å². The molecule has 2 unspecified atom stereocenters. The first-order valence-electron chi connectivity index (χ1n) is 16.4. The van der Waals surface area contributed by atoms with Crippen molar-refractivity contribution in [3.8, 4) is 0 Å². The van der Waals surface area contributed by atoms with Crippen LogP contribution in [0.4, 0.5) is 0 Å². The molecule has 2 bridgehead atoms. The molecule has 0 spiro atoms. The molecule has 4 N–H and O–H groups in total. The summed E-state index contributed by atoms with van der Waals surface area (Å²) in [5, 5.41) is 11.3. The average molecular weight is 631 g/mol. The van der Waals surface area contributed by atoms with Crippen LogP contribution in [0.1, 0.15) is 70.3 Å². The highest BCUT2D eigenvalue weighted by Crippen LogP contribution is 2.65. The minimum atomic E-state index is -0.987. The molecule has 0 aromatic heterocycles. The molecule has 1 heterocycles. The van der Waals surface area contributed by atoms with E-state index >= 15 is 0 Å². The zero-order valence-electron chi connectivity index (χ0n) is 27.7. The molecule has 4 fully saturated rings. The number of hydrogen-bond acceptors (Lipinski definition) is 6. The fourth-order valence-corrected chi connectivity index (χ4v) is 7.42. The smallest absolute Gasteiger partial charge is 0.404 e. The molecule has 7 atom stereocenters. The number of benzene rings is 2. The van der Waals surface area contributed by atoms with E-state index in [1.165, 1.54) is 0 Å². The summed E-state index contributed by atoms with van der Waals surface area (Å²) >= 11 is 0. The third kappa shape index (κ3) is 7.00. The van der Waals surface area contributed by atoms with Crippen molar-refractivity contribution in [3.05, 3.63) is 71.8 Å². The fraction of sp³-hybridized carbons (Fsp3) is 0.543. The Morgan fingerprint density at radius 1 is 0.848 bits per heavy atom. The third-order valence-corrected chi connectivity index (χ3v) is 10.4. The van der Waals surface area contributed by atoms with Crippen LogP contribution in [0, 0.1) is 23.2 Å². The van der Waals surface area contributed by atoms with Gasteiger partial charge in [-0.15, -0.1) is 0 Å². The van der Waals surface area contributed by atoms with Gasteiger partial charge in [0.05, 0.1) is 18.1 Å².